The Hall–Kier alpha value is -2.28. The Morgan fingerprint density at radius 3 is 2.71 bits per heavy atom. The molecule has 2 heterocycles. The van der Waals surface area contributed by atoms with Gasteiger partial charge in [-0.2, -0.15) is 0 Å². The van der Waals surface area contributed by atoms with Crippen molar-refractivity contribution in [2.45, 2.75) is 39.5 Å². The van der Waals surface area contributed by atoms with Crippen LogP contribution in [0.5, 0.6) is 0 Å². The molecule has 1 N–H and O–H groups in total. The van der Waals surface area contributed by atoms with Gasteiger partial charge in [0.2, 0.25) is 5.89 Å². The maximum Gasteiger partial charge on any atom is 0.273 e. The van der Waals surface area contributed by atoms with Crippen LogP contribution in [0.1, 0.15) is 41.6 Å². The van der Waals surface area contributed by atoms with Crippen LogP contribution in [0.4, 0.5) is 0 Å². The van der Waals surface area contributed by atoms with E-state index in [1.807, 2.05) is 12.1 Å². The van der Waals surface area contributed by atoms with Crippen molar-refractivity contribution in [1.29, 1.82) is 0 Å². The van der Waals surface area contributed by atoms with Crippen LogP contribution < -0.4 is 5.32 Å². The number of nitrogens with zero attached hydrogens (tertiary/aromatic N) is 2. The first-order chi connectivity index (χ1) is 13.4. The van der Waals surface area contributed by atoms with Crippen molar-refractivity contribution in [3.05, 3.63) is 75.8 Å². The van der Waals surface area contributed by atoms with Crippen LogP contribution in [0.2, 0.25) is 10.0 Å². The maximum atomic E-state index is 12.2. The lowest BCUT2D eigenvalue weighted by Gasteiger charge is -2.25. The van der Waals surface area contributed by atoms with Gasteiger partial charge in [0.1, 0.15) is 12.0 Å². The van der Waals surface area contributed by atoms with Crippen LogP contribution in [0.25, 0.3) is 0 Å². The molecular formula is C20H21Cl2N3O3. The standard InChI is InChI=1S/C20H21Cl2N3O3/c1-13(2)25(10-14-5-6-15(21)8-17(14)22)11-19-24-18(12-28-19)20(26)23-9-16-4-3-7-27-16/h3-8,12-13H,9-11H2,1-2H3,(H,23,26). The number of carbonyl (C=O) groups excluding carboxylic acids is 1. The highest BCUT2D eigenvalue weighted by Gasteiger charge is 2.18. The molecule has 3 aromatic rings. The van der Waals surface area contributed by atoms with Gasteiger partial charge < -0.3 is 14.2 Å². The molecule has 2 aromatic heterocycles. The van der Waals surface area contributed by atoms with E-state index >= 15 is 0 Å². The third-order valence-corrected chi connectivity index (χ3v) is 4.83. The first kappa shape index (κ1) is 20.5. The summed E-state index contributed by atoms with van der Waals surface area (Å²) < 4.78 is 10.7. The minimum Gasteiger partial charge on any atom is -0.467 e. The second-order valence-electron chi connectivity index (χ2n) is 6.62. The van der Waals surface area contributed by atoms with Gasteiger partial charge in [0.05, 0.1) is 19.4 Å². The minimum atomic E-state index is -0.316. The van der Waals surface area contributed by atoms with Crippen molar-refractivity contribution >= 4 is 29.1 Å². The largest absolute Gasteiger partial charge is 0.467 e. The lowest BCUT2D eigenvalue weighted by atomic mass is 10.2. The van der Waals surface area contributed by atoms with E-state index in [0.717, 1.165) is 5.56 Å². The van der Waals surface area contributed by atoms with Gasteiger partial charge in [-0.25, -0.2) is 4.98 Å². The van der Waals surface area contributed by atoms with Crippen molar-refractivity contribution in [3.8, 4) is 0 Å². The zero-order valence-electron chi connectivity index (χ0n) is 15.6. The molecule has 0 fully saturated rings. The number of furan rings is 1. The summed E-state index contributed by atoms with van der Waals surface area (Å²) in [5.41, 5.74) is 1.19. The molecule has 0 aliphatic carbocycles. The predicted molar refractivity (Wildman–Crippen MR) is 107 cm³/mol. The second-order valence-corrected chi connectivity index (χ2v) is 7.47. The van der Waals surface area contributed by atoms with Crippen LogP contribution in [-0.2, 0) is 19.6 Å². The molecule has 1 amide bonds. The Balaban J connectivity index is 1.63. The Bertz CT molecular complexity index is 923. The Morgan fingerprint density at radius 2 is 2.04 bits per heavy atom. The molecule has 8 heteroatoms. The van der Waals surface area contributed by atoms with E-state index in [1.54, 1.807) is 24.5 Å². The van der Waals surface area contributed by atoms with Gasteiger partial charge in [-0.15, -0.1) is 0 Å². The zero-order valence-corrected chi connectivity index (χ0v) is 17.1. The van der Waals surface area contributed by atoms with Crippen molar-refractivity contribution in [2.24, 2.45) is 0 Å². The fraction of sp³-hybridized carbons (Fsp3) is 0.300. The molecule has 0 unspecified atom stereocenters. The van der Waals surface area contributed by atoms with E-state index in [4.69, 9.17) is 32.0 Å². The van der Waals surface area contributed by atoms with Gasteiger partial charge in [0.25, 0.3) is 5.91 Å². The molecule has 0 atom stereocenters. The Morgan fingerprint density at radius 1 is 1.21 bits per heavy atom. The third-order valence-electron chi connectivity index (χ3n) is 4.24. The maximum absolute atomic E-state index is 12.2. The number of aromatic nitrogens is 1. The number of benzene rings is 1. The van der Waals surface area contributed by atoms with E-state index in [9.17, 15) is 4.79 Å². The van der Waals surface area contributed by atoms with Crippen molar-refractivity contribution in [2.75, 3.05) is 0 Å². The molecule has 0 aliphatic rings. The molecule has 0 saturated carbocycles. The predicted octanol–water partition coefficient (Wildman–Crippen LogP) is 4.92. The van der Waals surface area contributed by atoms with Crippen LogP contribution in [0.15, 0.2) is 51.7 Å². The van der Waals surface area contributed by atoms with Gasteiger partial charge in [0.15, 0.2) is 5.69 Å². The number of rotatable bonds is 8. The SMILES string of the molecule is CC(C)N(Cc1nc(C(=O)NCc2ccco2)co1)Cc1ccc(Cl)cc1Cl. The quantitative estimate of drug-likeness (QED) is 0.558. The molecule has 0 bridgehead atoms. The van der Waals surface area contributed by atoms with Crippen LogP contribution in [0, 0.1) is 0 Å². The summed E-state index contributed by atoms with van der Waals surface area (Å²) in [5, 5.41) is 3.96. The topological polar surface area (TPSA) is 71.5 Å². The molecule has 148 valence electrons. The van der Waals surface area contributed by atoms with Gasteiger partial charge in [-0.1, -0.05) is 29.3 Å². The molecule has 0 saturated heterocycles. The summed E-state index contributed by atoms with van der Waals surface area (Å²) in [6.45, 7) is 5.49. The fourth-order valence-corrected chi connectivity index (χ4v) is 3.09. The van der Waals surface area contributed by atoms with E-state index in [1.165, 1.54) is 6.26 Å². The molecule has 6 nitrogen and oxygen atoms in total. The monoisotopic (exact) mass is 421 g/mol. The molecular weight excluding hydrogens is 401 g/mol. The highest BCUT2D eigenvalue weighted by atomic mass is 35.5. The zero-order chi connectivity index (χ0) is 20.1. The Kier molecular flexibility index (Phi) is 6.78. The number of halogens is 2. The van der Waals surface area contributed by atoms with Gasteiger partial charge in [-0.05, 0) is 43.7 Å². The molecule has 0 spiro atoms. The first-order valence-corrected chi connectivity index (χ1v) is 9.61. The van der Waals surface area contributed by atoms with Gasteiger partial charge in [-0.3, -0.25) is 9.69 Å². The highest BCUT2D eigenvalue weighted by molar-refractivity contribution is 6.35. The van der Waals surface area contributed by atoms with E-state index in [0.29, 0.717) is 41.3 Å². The number of hydrogen-bond donors (Lipinski definition) is 1. The van der Waals surface area contributed by atoms with E-state index in [-0.39, 0.29) is 17.6 Å². The fourth-order valence-electron chi connectivity index (χ4n) is 2.62. The van der Waals surface area contributed by atoms with Crippen LogP contribution >= 0.6 is 23.2 Å². The number of amides is 1. The van der Waals surface area contributed by atoms with Crippen LogP contribution in [0.3, 0.4) is 0 Å². The average molecular weight is 422 g/mol. The van der Waals surface area contributed by atoms with Gasteiger partial charge >= 0.3 is 0 Å². The third kappa shape index (κ3) is 5.38. The number of hydrogen-bond acceptors (Lipinski definition) is 5. The number of carbonyl (C=O) groups is 1. The Labute approximate surface area is 173 Å². The van der Waals surface area contributed by atoms with E-state index in [2.05, 4.69) is 29.0 Å². The summed E-state index contributed by atoms with van der Waals surface area (Å²) in [6.07, 6.45) is 2.92. The summed E-state index contributed by atoms with van der Waals surface area (Å²) in [5.74, 6) is 0.813. The smallest absolute Gasteiger partial charge is 0.273 e. The van der Waals surface area contributed by atoms with E-state index < -0.39 is 0 Å². The second kappa shape index (κ2) is 9.28. The lowest BCUT2D eigenvalue weighted by Crippen LogP contribution is -2.30. The highest BCUT2D eigenvalue weighted by Crippen LogP contribution is 2.23. The van der Waals surface area contributed by atoms with Crippen molar-refractivity contribution in [1.82, 2.24) is 15.2 Å². The first-order valence-electron chi connectivity index (χ1n) is 8.85. The summed E-state index contributed by atoms with van der Waals surface area (Å²) in [4.78, 5) is 18.7. The molecule has 0 aliphatic heterocycles. The molecule has 0 radical (unpaired) electrons. The molecule has 1 aromatic carbocycles. The number of oxazole rings is 1. The van der Waals surface area contributed by atoms with Gasteiger partial charge in [0, 0.05) is 22.6 Å². The summed E-state index contributed by atoms with van der Waals surface area (Å²) >= 11 is 12.3. The minimum absolute atomic E-state index is 0.217. The van der Waals surface area contributed by atoms with Crippen LogP contribution in [-0.4, -0.2) is 21.8 Å². The molecule has 28 heavy (non-hydrogen) atoms. The molecule has 3 rings (SSSR count). The average Bonchev–Trinajstić information content (AvgIpc) is 3.33. The number of nitrogens with one attached hydrogen (secondary N) is 1. The van der Waals surface area contributed by atoms with Crippen molar-refractivity contribution in [3.63, 3.8) is 0 Å². The normalized spacial score (nSPS) is 11.4. The summed E-state index contributed by atoms with van der Waals surface area (Å²) in [6, 6.07) is 9.22. The lowest BCUT2D eigenvalue weighted by molar-refractivity contribution is 0.0943. The van der Waals surface area contributed by atoms with Crippen molar-refractivity contribution < 1.29 is 13.6 Å². The summed E-state index contributed by atoms with van der Waals surface area (Å²) in [7, 11) is 0.